The average Bonchev–Trinajstić information content (AvgIpc) is 2.48. The van der Waals surface area contributed by atoms with Gasteiger partial charge in [-0.05, 0) is 80.9 Å². The molecule has 2 aromatic carbocycles. The third-order valence-corrected chi connectivity index (χ3v) is 3.85. The Labute approximate surface area is 144 Å². The number of thiocarbonyl (C=S) groups is 1. The van der Waals surface area contributed by atoms with Crippen LogP contribution >= 0.6 is 12.2 Å². The predicted octanol–water partition coefficient (Wildman–Crippen LogP) is 4.37. The Morgan fingerprint density at radius 1 is 1.09 bits per heavy atom. The molecule has 0 saturated heterocycles. The van der Waals surface area contributed by atoms with Gasteiger partial charge < -0.3 is 15.4 Å². The van der Waals surface area contributed by atoms with Crippen LogP contribution in [-0.4, -0.2) is 17.8 Å². The molecule has 0 heterocycles. The first kappa shape index (κ1) is 17.3. The van der Waals surface area contributed by atoms with Crippen LogP contribution in [0.15, 0.2) is 42.5 Å². The summed E-state index contributed by atoms with van der Waals surface area (Å²) in [6, 6.07) is 14.4. The predicted molar refractivity (Wildman–Crippen MR) is 101 cm³/mol. The fraction of sp³-hybridized carbons (Fsp3) is 0.316. The first-order valence-corrected chi connectivity index (χ1v) is 8.19. The van der Waals surface area contributed by atoms with E-state index in [1.165, 1.54) is 16.7 Å². The van der Waals surface area contributed by atoms with Crippen LogP contribution in [-0.2, 0) is 0 Å². The van der Waals surface area contributed by atoms with Gasteiger partial charge in [-0.15, -0.1) is 0 Å². The lowest BCUT2D eigenvalue weighted by atomic mass is 10.1. The van der Waals surface area contributed by atoms with E-state index < -0.39 is 0 Å². The molecule has 0 saturated carbocycles. The third-order valence-electron chi connectivity index (χ3n) is 3.63. The molecular weight excluding hydrogens is 304 g/mol. The summed E-state index contributed by atoms with van der Waals surface area (Å²) in [5, 5.41) is 7.04. The first-order valence-electron chi connectivity index (χ1n) is 7.78. The Morgan fingerprint density at radius 3 is 2.57 bits per heavy atom. The SMILES string of the molecule is Cc1cccc(NC(=S)N[C@H](C)COc2ccc(C)c(C)c2)c1. The van der Waals surface area contributed by atoms with Crippen molar-refractivity contribution in [3.05, 3.63) is 59.2 Å². The van der Waals surface area contributed by atoms with Crippen LogP contribution in [0.25, 0.3) is 0 Å². The van der Waals surface area contributed by atoms with Gasteiger partial charge in [-0.1, -0.05) is 18.2 Å². The van der Waals surface area contributed by atoms with Crippen molar-refractivity contribution in [3.63, 3.8) is 0 Å². The molecule has 23 heavy (non-hydrogen) atoms. The molecule has 2 aromatic rings. The lowest BCUT2D eigenvalue weighted by Crippen LogP contribution is -2.39. The Kier molecular flexibility index (Phi) is 5.99. The topological polar surface area (TPSA) is 33.3 Å². The summed E-state index contributed by atoms with van der Waals surface area (Å²) < 4.78 is 5.82. The van der Waals surface area contributed by atoms with Gasteiger partial charge in [0.05, 0.1) is 6.04 Å². The largest absolute Gasteiger partial charge is 0.491 e. The van der Waals surface area contributed by atoms with Crippen LogP contribution in [0.5, 0.6) is 5.75 Å². The number of nitrogens with one attached hydrogen (secondary N) is 2. The van der Waals surface area contributed by atoms with E-state index in [1.807, 2.05) is 25.1 Å². The van der Waals surface area contributed by atoms with Crippen molar-refractivity contribution in [3.8, 4) is 5.75 Å². The fourth-order valence-corrected chi connectivity index (χ4v) is 2.50. The molecular formula is C19H24N2OS. The number of rotatable bonds is 5. The van der Waals surface area contributed by atoms with Crippen LogP contribution < -0.4 is 15.4 Å². The molecule has 0 radical (unpaired) electrons. The molecule has 122 valence electrons. The second kappa shape index (κ2) is 7.97. The molecule has 0 aliphatic heterocycles. The maximum atomic E-state index is 5.82. The summed E-state index contributed by atoms with van der Waals surface area (Å²) in [4.78, 5) is 0. The number of ether oxygens (including phenoxy) is 1. The van der Waals surface area contributed by atoms with E-state index >= 15 is 0 Å². The molecule has 0 aliphatic rings. The van der Waals surface area contributed by atoms with Gasteiger partial charge in [0.25, 0.3) is 0 Å². The van der Waals surface area contributed by atoms with Gasteiger partial charge >= 0.3 is 0 Å². The summed E-state index contributed by atoms with van der Waals surface area (Å²) in [5.74, 6) is 0.888. The minimum Gasteiger partial charge on any atom is -0.491 e. The van der Waals surface area contributed by atoms with E-state index in [-0.39, 0.29) is 6.04 Å². The Morgan fingerprint density at radius 2 is 1.87 bits per heavy atom. The van der Waals surface area contributed by atoms with E-state index in [0.717, 1.165) is 11.4 Å². The van der Waals surface area contributed by atoms with Crippen molar-refractivity contribution in [2.75, 3.05) is 11.9 Å². The zero-order valence-corrected chi connectivity index (χ0v) is 15.0. The van der Waals surface area contributed by atoms with E-state index in [0.29, 0.717) is 11.7 Å². The number of hydrogen-bond acceptors (Lipinski definition) is 2. The van der Waals surface area contributed by atoms with Gasteiger partial charge in [-0.2, -0.15) is 0 Å². The van der Waals surface area contributed by atoms with E-state index in [9.17, 15) is 0 Å². The number of anilines is 1. The van der Waals surface area contributed by atoms with E-state index in [4.69, 9.17) is 17.0 Å². The van der Waals surface area contributed by atoms with Crippen molar-refractivity contribution in [1.29, 1.82) is 0 Å². The van der Waals surface area contributed by atoms with Gasteiger partial charge in [-0.3, -0.25) is 0 Å². The number of aryl methyl sites for hydroxylation is 3. The Bertz CT molecular complexity index is 685. The molecule has 0 aromatic heterocycles. The van der Waals surface area contributed by atoms with Gasteiger partial charge in [0.15, 0.2) is 5.11 Å². The summed E-state index contributed by atoms with van der Waals surface area (Å²) in [5.41, 5.74) is 4.69. The van der Waals surface area contributed by atoms with Crippen LogP contribution in [0.1, 0.15) is 23.6 Å². The molecule has 4 heteroatoms. The molecule has 2 rings (SSSR count). The molecule has 0 fully saturated rings. The lowest BCUT2D eigenvalue weighted by Gasteiger charge is -2.18. The second-order valence-electron chi connectivity index (χ2n) is 5.93. The summed E-state index contributed by atoms with van der Waals surface area (Å²) in [7, 11) is 0. The van der Waals surface area contributed by atoms with Crippen molar-refractivity contribution < 1.29 is 4.74 Å². The highest BCUT2D eigenvalue weighted by molar-refractivity contribution is 7.80. The zero-order valence-electron chi connectivity index (χ0n) is 14.1. The quantitative estimate of drug-likeness (QED) is 0.799. The van der Waals surface area contributed by atoms with Gasteiger partial charge in [0, 0.05) is 5.69 Å². The van der Waals surface area contributed by atoms with Crippen molar-refractivity contribution in [2.45, 2.75) is 33.7 Å². The van der Waals surface area contributed by atoms with Crippen molar-refractivity contribution >= 4 is 23.0 Å². The van der Waals surface area contributed by atoms with Crippen molar-refractivity contribution in [2.24, 2.45) is 0 Å². The summed E-state index contributed by atoms with van der Waals surface area (Å²) in [6.45, 7) is 8.84. The highest BCUT2D eigenvalue weighted by Gasteiger charge is 2.06. The van der Waals surface area contributed by atoms with E-state index in [1.54, 1.807) is 0 Å². The standard InChI is InChI=1S/C19H24N2OS/c1-13-6-5-7-17(10-13)21-19(23)20-16(4)12-22-18-9-8-14(2)15(3)11-18/h5-11,16H,12H2,1-4H3,(H2,20,21,23)/t16-/m1/s1. The molecule has 0 spiro atoms. The molecule has 1 atom stereocenters. The Hall–Kier alpha value is -2.07. The van der Waals surface area contributed by atoms with Crippen LogP contribution in [0.3, 0.4) is 0 Å². The summed E-state index contributed by atoms with van der Waals surface area (Å²) >= 11 is 5.35. The fourth-order valence-electron chi connectivity index (χ4n) is 2.18. The van der Waals surface area contributed by atoms with Gasteiger partial charge in [0.1, 0.15) is 12.4 Å². The van der Waals surface area contributed by atoms with Gasteiger partial charge in [-0.25, -0.2) is 0 Å². The highest BCUT2D eigenvalue weighted by atomic mass is 32.1. The summed E-state index contributed by atoms with van der Waals surface area (Å²) in [6.07, 6.45) is 0. The average molecular weight is 328 g/mol. The van der Waals surface area contributed by atoms with Crippen LogP contribution in [0.4, 0.5) is 5.69 Å². The van der Waals surface area contributed by atoms with E-state index in [2.05, 4.69) is 55.7 Å². The second-order valence-corrected chi connectivity index (χ2v) is 6.33. The minimum absolute atomic E-state index is 0.112. The molecule has 2 N–H and O–H groups in total. The lowest BCUT2D eigenvalue weighted by molar-refractivity contribution is 0.287. The first-order chi connectivity index (χ1) is 10.9. The van der Waals surface area contributed by atoms with Gasteiger partial charge in [0.2, 0.25) is 0 Å². The third kappa shape index (κ3) is 5.57. The number of benzene rings is 2. The van der Waals surface area contributed by atoms with Crippen LogP contribution in [0.2, 0.25) is 0 Å². The molecule has 0 bridgehead atoms. The van der Waals surface area contributed by atoms with Crippen LogP contribution in [0, 0.1) is 20.8 Å². The number of hydrogen-bond donors (Lipinski definition) is 2. The normalized spacial score (nSPS) is 11.7. The smallest absolute Gasteiger partial charge is 0.171 e. The zero-order chi connectivity index (χ0) is 16.8. The molecule has 0 unspecified atom stereocenters. The minimum atomic E-state index is 0.112. The monoisotopic (exact) mass is 328 g/mol. The van der Waals surface area contributed by atoms with Crippen molar-refractivity contribution in [1.82, 2.24) is 5.32 Å². The Balaban J connectivity index is 1.80. The maximum absolute atomic E-state index is 5.82. The molecule has 0 amide bonds. The molecule has 0 aliphatic carbocycles. The molecule has 3 nitrogen and oxygen atoms in total. The maximum Gasteiger partial charge on any atom is 0.171 e. The highest BCUT2D eigenvalue weighted by Crippen LogP contribution is 2.16.